The Kier molecular flexibility index (Phi) is 5.09. The molecule has 4 nitrogen and oxygen atoms in total. The summed E-state index contributed by atoms with van der Waals surface area (Å²) in [6.07, 6.45) is 0. The topological polar surface area (TPSA) is 36.4 Å². The van der Waals surface area contributed by atoms with Crippen molar-refractivity contribution in [2.75, 3.05) is 26.2 Å². The van der Waals surface area contributed by atoms with E-state index in [1.54, 1.807) is 5.51 Å². The van der Waals surface area contributed by atoms with Crippen LogP contribution in [0.25, 0.3) is 0 Å². The summed E-state index contributed by atoms with van der Waals surface area (Å²) in [5, 5.41) is 1.82. The second-order valence-corrected chi connectivity index (χ2v) is 7.14. The molecule has 1 fully saturated rings. The monoisotopic (exact) mass is 363 g/mol. The maximum absolute atomic E-state index is 12.5. The molecular formula is C21H21N3OS. The van der Waals surface area contributed by atoms with Gasteiger partial charge in [-0.1, -0.05) is 60.7 Å². The molecule has 4 rings (SSSR count). The van der Waals surface area contributed by atoms with Crippen LogP contribution in [0.3, 0.4) is 0 Å². The highest BCUT2D eigenvalue weighted by molar-refractivity contribution is 7.07. The van der Waals surface area contributed by atoms with Crippen molar-refractivity contribution >= 4 is 17.2 Å². The fourth-order valence-electron chi connectivity index (χ4n) is 3.55. The lowest BCUT2D eigenvalue weighted by Gasteiger charge is -2.39. The van der Waals surface area contributed by atoms with Gasteiger partial charge < -0.3 is 4.90 Å². The van der Waals surface area contributed by atoms with Gasteiger partial charge in [-0.15, -0.1) is 11.3 Å². The third-order valence-electron chi connectivity index (χ3n) is 4.85. The molecule has 26 heavy (non-hydrogen) atoms. The molecular weight excluding hydrogens is 342 g/mol. The first-order valence-corrected chi connectivity index (χ1v) is 9.78. The highest BCUT2D eigenvalue weighted by atomic mass is 32.1. The minimum atomic E-state index is 0.0434. The normalized spacial score (nSPS) is 15.3. The van der Waals surface area contributed by atoms with Gasteiger partial charge in [-0.05, 0) is 11.1 Å². The van der Waals surface area contributed by atoms with Gasteiger partial charge in [0.1, 0.15) is 5.69 Å². The second kappa shape index (κ2) is 7.81. The largest absolute Gasteiger partial charge is 0.335 e. The molecule has 5 heteroatoms. The zero-order valence-electron chi connectivity index (χ0n) is 14.5. The predicted octanol–water partition coefficient (Wildman–Crippen LogP) is 3.69. The van der Waals surface area contributed by atoms with Crippen LogP contribution < -0.4 is 0 Å². The SMILES string of the molecule is O=C(c1cscn1)N1CCN(C(c2ccccc2)c2ccccc2)CC1. The van der Waals surface area contributed by atoms with E-state index in [9.17, 15) is 4.79 Å². The number of carbonyl (C=O) groups is 1. The molecule has 0 atom stereocenters. The minimum absolute atomic E-state index is 0.0434. The summed E-state index contributed by atoms with van der Waals surface area (Å²) in [5.74, 6) is 0.0434. The average molecular weight is 363 g/mol. The number of carbonyl (C=O) groups excluding carboxylic acids is 1. The van der Waals surface area contributed by atoms with E-state index in [1.807, 2.05) is 10.3 Å². The molecule has 132 valence electrons. The Bertz CT molecular complexity index is 789. The first-order valence-electron chi connectivity index (χ1n) is 8.84. The van der Waals surface area contributed by atoms with Gasteiger partial charge in [0.05, 0.1) is 11.6 Å². The van der Waals surface area contributed by atoms with Gasteiger partial charge in [-0.3, -0.25) is 9.69 Å². The van der Waals surface area contributed by atoms with E-state index < -0.39 is 0 Å². The Labute approximate surface area is 157 Å². The summed E-state index contributed by atoms with van der Waals surface area (Å²) in [6, 6.07) is 21.4. The van der Waals surface area contributed by atoms with Gasteiger partial charge in [-0.25, -0.2) is 4.98 Å². The van der Waals surface area contributed by atoms with Crippen LogP contribution in [-0.4, -0.2) is 46.9 Å². The summed E-state index contributed by atoms with van der Waals surface area (Å²) in [6.45, 7) is 3.16. The average Bonchev–Trinajstić information content (AvgIpc) is 3.25. The molecule has 0 unspecified atom stereocenters. The first kappa shape index (κ1) is 16.9. The minimum Gasteiger partial charge on any atom is -0.335 e. The number of nitrogens with zero attached hydrogens (tertiary/aromatic N) is 3. The van der Waals surface area contributed by atoms with Crippen LogP contribution in [0.2, 0.25) is 0 Å². The molecule has 1 aliphatic rings. The Morgan fingerprint density at radius 1 is 0.885 bits per heavy atom. The molecule has 1 saturated heterocycles. The molecule has 0 bridgehead atoms. The molecule has 0 saturated carbocycles. The van der Waals surface area contributed by atoms with Crippen LogP contribution in [0.4, 0.5) is 0 Å². The number of hydrogen-bond donors (Lipinski definition) is 0. The molecule has 1 aromatic heterocycles. The smallest absolute Gasteiger partial charge is 0.273 e. The van der Waals surface area contributed by atoms with E-state index in [-0.39, 0.29) is 11.9 Å². The van der Waals surface area contributed by atoms with Crippen LogP contribution in [0.5, 0.6) is 0 Å². The van der Waals surface area contributed by atoms with Crippen LogP contribution in [0.15, 0.2) is 71.6 Å². The van der Waals surface area contributed by atoms with Gasteiger partial charge in [0.2, 0.25) is 0 Å². The Balaban J connectivity index is 1.52. The van der Waals surface area contributed by atoms with Crippen molar-refractivity contribution in [3.63, 3.8) is 0 Å². The zero-order chi connectivity index (χ0) is 17.8. The van der Waals surface area contributed by atoms with Crippen molar-refractivity contribution in [1.82, 2.24) is 14.8 Å². The van der Waals surface area contributed by atoms with Crippen LogP contribution in [-0.2, 0) is 0 Å². The van der Waals surface area contributed by atoms with Crippen LogP contribution >= 0.6 is 11.3 Å². The molecule has 2 aromatic carbocycles. The number of benzene rings is 2. The van der Waals surface area contributed by atoms with Crippen molar-refractivity contribution in [3.8, 4) is 0 Å². The number of piperazine rings is 1. The molecule has 1 aliphatic heterocycles. The third-order valence-corrected chi connectivity index (χ3v) is 5.44. The van der Waals surface area contributed by atoms with E-state index >= 15 is 0 Å². The standard InChI is InChI=1S/C21H21N3OS/c25-21(19-15-26-16-22-19)24-13-11-23(12-14-24)20(17-7-3-1-4-8-17)18-9-5-2-6-10-18/h1-10,15-16,20H,11-14H2. The van der Waals surface area contributed by atoms with Crippen molar-refractivity contribution in [2.45, 2.75) is 6.04 Å². The van der Waals surface area contributed by atoms with E-state index in [1.165, 1.54) is 22.5 Å². The highest BCUT2D eigenvalue weighted by Crippen LogP contribution is 2.29. The summed E-state index contributed by atoms with van der Waals surface area (Å²) in [7, 11) is 0. The Morgan fingerprint density at radius 2 is 1.46 bits per heavy atom. The first-order chi connectivity index (χ1) is 12.8. The van der Waals surface area contributed by atoms with Crippen molar-refractivity contribution in [1.29, 1.82) is 0 Å². The number of aromatic nitrogens is 1. The lowest BCUT2D eigenvalue weighted by atomic mass is 9.96. The molecule has 0 spiro atoms. The van der Waals surface area contributed by atoms with E-state index in [4.69, 9.17) is 0 Å². The summed E-state index contributed by atoms with van der Waals surface area (Å²) < 4.78 is 0. The highest BCUT2D eigenvalue weighted by Gasteiger charge is 2.28. The maximum Gasteiger partial charge on any atom is 0.273 e. The second-order valence-electron chi connectivity index (χ2n) is 6.43. The van der Waals surface area contributed by atoms with Crippen LogP contribution in [0.1, 0.15) is 27.7 Å². The van der Waals surface area contributed by atoms with Crippen molar-refractivity contribution in [3.05, 3.63) is 88.4 Å². The number of hydrogen-bond acceptors (Lipinski definition) is 4. The van der Waals surface area contributed by atoms with Gasteiger partial charge >= 0.3 is 0 Å². The summed E-state index contributed by atoms with van der Waals surface area (Å²) >= 11 is 1.46. The Hall–Kier alpha value is -2.50. The van der Waals surface area contributed by atoms with Crippen LogP contribution in [0, 0.1) is 0 Å². The molecule has 2 heterocycles. The fraction of sp³-hybridized carbons (Fsp3) is 0.238. The van der Waals surface area contributed by atoms with E-state index in [2.05, 4.69) is 70.5 Å². The third kappa shape index (κ3) is 3.54. The quantitative estimate of drug-likeness (QED) is 0.709. The maximum atomic E-state index is 12.5. The van der Waals surface area contributed by atoms with Gasteiger partial charge in [0.15, 0.2) is 0 Å². The van der Waals surface area contributed by atoms with E-state index in [0.717, 1.165) is 26.2 Å². The van der Waals surface area contributed by atoms with Crippen molar-refractivity contribution in [2.24, 2.45) is 0 Å². The van der Waals surface area contributed by atoms with Gasteiger partial charge in [-0.2, -0.15) is 0 Å². The van der Waals surface area contributed by atoms with Crippen molar-refractivity contribution < 1.29 is 4.79 Å². The fourth-order valence-corrected chi connectivity index (χ4v) is 4.07. The molecule has 0 N–H and O–H groups in total. The molecule has 1 amide bonds. The molecule has 0 aliphatic carbocycles. The molecule has 3 aromatic rings. The van der Waals surface area contributed by atoms with E-state index in [0.29, 0.717) is 5.69 Å². The Morgan fingerprint density at radius 3 is 1.96 bits per heavy atom. The molecule has 0 radical (unpaired) electrons. The summed E-state index contributed by atoms with van der Waals surface area (Å²) in [4.78, 5) is 21.1. The van der Waals surface area contributed by atoms with Gasteiger partial charge in [0, 0.05) is 31.6 Å². The number of rotatable bonds is 4. The lowest BCUT2D eigenvalue weighted by molar-refractivity contribution is 0.0592. The number of amides is 1. The van der Waals surface area contributed by atoms with Gasteiger partial charge in [0.25, 0.3) is 5.91 Å². The number of thiazole rings is 1. The zero-order valence-corrected chi connectivity index (χ0v) is 15.3. The predicted molar refractivity (Wildman–Crippen MR) is 104 cm³/mol. The summed E-state index contributed by atoms with van der Waals surface area (Å²) in [5.41, 5.74) is 4.85. The lowest BCUT2D eigenvalue weighted by Crippen LogP contribution is -2.49.